The Morgan fingerprint density at radius 3 is 2.39 bits per heavy atom. The van der Waals surface area contributed by atoms with Crippen molar-refractivity contribution >= 4 is 16.6 Å². The van der Waals surface area contributed by atoms with Gasteiger partial charge in [-0.1, -0.05) is 25.1 Å². The topological polar surface area (TPSA) is 66.4 Å². The summed E-state index contributed by atoms with van der Waals surface area (Å²) < 4.78 is 47.8. The molecular formula is C23H26F3N3O2. The molecule has 2 aromatic carbocycles. The lowest BCUT2D eigenvalue weighted by Crippen LogP contribution is -2.58. The van der Waals surface area contributed by atoms with Gasteiger partial charge < -0.3 is 20.5 Å². The summed E-state index contributed by atoms with van der Waals surface area (Å²) in [6.07, 6.45) is -4.90. The molecule has 0 spiro atoms. The first-order chi connectivity index (χ1) is 14.7. The zero-order chi connectivity index (χ0) is 22.6. The minimum atomic E-state index is -4.90. The van der Waals surface area contributed by atoms with Gasteiger partial charge in [0.15, 0.2) is 5.60 Å². The Balaban J connectivity index is 2.13. The van der Waals surface area contributed by atoms with Crippen LogP contribution in [-0.2, 0) is 0 Å². The molecular weight excluding hydrogens is 407 g/mol. The zero-order valence-electron chi connectivity index (χ0n) is 17.6. The first-order valence-corrected chi connectivity index (χ1v) is 9.96. The number of fused-ring (bicyclic) bond motifs is 1. The lowest BCUT2D eigenvalue weighted by atomic mass is 9.86. The second-order valence-electron chi connectivity index (χ2n) is 7.38. The Morgan fingerprint density at radius 2 is 1.77 bits per heavy atom. The molecule has 0 bridgehead atoms. The molecule has 8 heteroatoms. The molecule has 2 unspecified atom stereocenters. The number of aliphatic hydroxyl groups is 1. The molecule has 0 aliphatic heterocycles. The van der Waals surface area contributed by atoms with Crippen LogP contribution in [0, 0.1) is 6.92 Å². The van der Waals surface area contributed by atoms with Crippen molar-refractivity contribution in [3.8, 4) is 5.75 Å². The fourth-order valence-electron chi connectivity index (χ4n) is 3.49. The second kappa shape index (κ2) is 9.11. The normalized spacial score (nSPS) is 14.8. The maximum absolute atomic E-state index is 14.2. The van der Waals surface area contributed by atoms with Crippen LogP contribution in [0.25, 0.3) is 10.9 Å². The molecule has 5 nitrogen and oxygen atoms in total. The number of aryl methyl sites for hydroxylation is 1. The maximum atomic E-state index is 14.2. The molecule has 1 aromatic heterocycles. The van der Waals surface area contributed by atoms with E-state index in [4.69, 9.17) is 4.74 Å². The van der Waals surface area contributed by atoms with Crippen LogP contribution in [0.15, 0.2) is 54.6 Å². The number of hydrogen-bond acceptors (Lipinski definition) is 5. The highest BCUT2D eigenvalue weighted by molar-refractivity contribution is 5.91. The maximum Gasteiger partial charge on any atom is 0.420 e. The van der Waals surface area contributed by atoms with Crippen LogP contribution in [-0.4, -0.2) is 42.1 Å². The summed E-state index contributed by atoms with van der Waals surface area (Å²) in [4.78, 5) is 4.45. The van der Waals surface area contributed by atoms with Gasteiger partial charge in [0, 0.05) is 23.3 Å². The van der Waals surface area contributed by atoms with E-state index in [2.05, 4.69) is 15.6 Å². The van der Waals surface area contributed by atoms with E-state index in [1.54, 1.807) is 43.3 Å². The van der Waals surface area contributed by atoms with Crippen LogP contribution in [0.3, 0.4) is 0 Å². The predicted octanol–water partition coefficient (Wildman–Crippen LogP) is 4.61. The number of ether oxygens (including phenoxy) is 1. The number of nitrogens with one attached hydrogen (secondary N) is 2. The summed E-state index contributed by atoms with van der Waals surface area (Å²) in [6.45, 7) is 3.15. The van der Waals surface area contributed by atoms with Crippen LogP contribution in [0.2, 0.25) is 0 Å². The van der Waals surface area contributed by atoms with Crippen molar-refractivity contribution in [1.29, 1.82) is 0 Å². The van der Waals surface area contributed by atoms with Crippen molar-refractivity contribution in [2.24, 2.45) is 0 Å². The SMILES string of the molecule is CCNCC(O)(C(Nc1cccc2nc(C)ccc12)c1ccc(OC)cc1)C(F)(F)F. The van der Waals surface area contributed by atoms with Gasteiger partial charge >= 0.3 is 6.18 Å². The molecule has 0 amide bonds. The number of halogens is 3. The molecule has 0 saturated carbocycles. The number of hydrogen-bond donors (Lipinski definition) is 3. The molecule has 3 aromatic rings. The largest absolute Gasteiger partial charge is 0.497 e. The van der Waals surface area contributed by atoms with Gasteiger partial charge in [-0.05, 0) is 55.4 Å². The fourth-order valence-corrected chi connectivity index (χ4v) is 3.49. The number of benzene rings is 2. The monoisotopic (exact) mass is 433 g/mol. The average molecular weight is 433 g/mol. The number of nitrogens with zero attached hydrogens (tertiary/aromatic N) is 1. The highest BCUT2D eigenvalue weighted by Crippen LogP contribution is 2.42. The number of rotatable bonds is 8. The molecule has 3 rings (SSSR count). The van der Waals surface area contributed by atoms with E-state index in [1.807, 2.05) is 13.0 Å². The minimum absolute atomic E-state index is 0.274. The summed E-state index contributed by atoms with van der Waals surface area (Å²) in [5.74, 6) is 0.509. The molecule has 2 atom stereocenters. The number of likely N-dealkylation sites (N-methyl/N-ethyl adjacent to an activating group) is 1. The molecule has 1 heterocycles. The first-order valence-electron chi connectivity index (χ1n) is 9.96. The van der Waals surface area contributed by atoms with Crippen LogP contribution >= 0.6 is 0 Å². The third kappa shape index (κ3) is 4.75. The molecule has 0 fully saturated rings. The van der Waals surface area contributed by atoms with Crippen LogP contribution < -0.4 is 15.4 Å². The molecule has 0 aliphatic carbocycles. The van der Waals surface area contributed by atoms with Gasteiger partial charge in [-0.25, -0.2) is 0 Å². The predicted molar refractivity (Wildman–Crippen MR) is 115 cm³/mol. The van der Waals surface area contributed by atoms with Crippen molar-refractivity contribution in [3.63, 3.8) is 0 Å². The molecule has 31 heavy (non-hydrogen) atoms. The molecule has 0 radical (unpaired) electrons. The van der Waals surface area contributed by atoms with Crippen molar-refractivity contribution in [2.45, 2.75) is 31.7 Å². The molecule has 166 valence electrons. The van der Waals surface area contributed by atoms with Gasteiger partial charge in [-0.2, -0.15) is 13.2 Å². The second-order valence-corrected chi connectivity index (χ2v) is 7.38. The third-order valence-electron chi connectivity index (χ3n) is 5.23. The quantitative estimate of drug-likeness (QED) is 0.484. The number of aromatic nitrogens is 1. The summed E-state index contributed by atoms with van der Waals surface area (Å²) in [5.41, 5.74) is -0.894. The Kier molecular flexibility index (Phi) is 6.71. The Hall–Kier alpha value is -2.84. The van der Waals surface area contributed by atoms with Gasteiger partial charge in [-0.15, -0.1) is 0 Å². The van der Waals surface area contributed by atoms with Crippen molar-refractivity contribution in [2.75, 3.05) is 25.5 Å². The van der Waals surface area contributed by atoms with E-state index in [9.17, 15) is 18.3 Å². The molecule has 0 saturated heterocycles. The van der Waals surface area contributed by atoms with Crippen molar-refractivity contribution in [1.82, 2.24) is 10.3 Å². The highest BCUT2D eigenvalue weighted by Gasteiger charge is 2.59. The minimum Gasteiger partial charge on any atom is -0.497 e. The van der Waals surface area contributed by atoms with Crippen LogP contribution in [0.5, 0.6) is 5.75 Å². The van der Waals surface area contributed by atoms with Gasteiger partial charge in [0.25, 0.3) is 0 Å². The smallest absolute Gasteiger partial charge is 0.420 e. The van der Waals surface area contributed by atoms with Gasteiger partial charge in [-0.3, -0.25) is 4.98 Å². The van der Waals surface area contributed by atoms with Gasteiger partial charge in [0.05, 0.1) is 18.7 Å². The third-order valence-corrected chi connectivity index (χ3v) is 5.23. The summed E-state index contributed by atoms with van der Waals surface area (Å²) >= 11 is 0. The number of alkyl halides is 3. The molecule has 0 aliphatic rings. The van der Waals surface area contributed by atoms with E-state index < -0.39 is 24.4 Å². The number of pyridine rings is 1. The zero-order valence-corrected chi connectivity index (χ0v) is 17.6. The Morgan fingerprint density at radius 1 is 1.06 bits per heavy atom. The first kappa shape index (κ1) is 22.8. The van der Waals surface area contributed by atoms with E-state index >= 15 is 0 Å². The lowest BCUT2D eigenvalue weighted by molar-refractivity contribution is -0.264. The van der Waals surface area contributed by atoms with E-state index in [1.165, 1.54) is 19.2 Å². The summed E-state index contributed by atoms with van der Waals surface area (Å²) in [7, 11) is 1.48. The van der Waals surface area contributed by atoms with E-state index in [0.717, 1.165) is 5.69 Å². The average Bonchev–Trinajstić information content (AvgIpc) is 2.75. The van der Waals surface area contributed by atoms with Crippen molar-refractivity contribution < 1.29 is 23.0 Å². The highest BCUT2D eigenvalue weighted by atomic mass is 19.4. The van der Waals surface area contributed by atoms with E-state index in [-0.39, 0.29) is 12.1 Å². The summed E-state index contributed by atoms with van der Waals surface area (Å²) in [6, 6.07) is 13.5. The molecule has 3 N–H and O–H groups in total. The Bertz CT molecular complexity index is 1020. The van der Waals surface area contributed by atoms with Crippen LogP contribution in [0.1, 0.15) is 24.2 Å². The van der Waals surface area contributed by atoms with Gasteiger partial charge in [0.1, 0.15) is 5.75 Å². The summed E-state index contributed by atoms with van der Waals surface area (Å²) in [5, 5.41) is 17.3. The number of methoxy groups -OCH3 is 1. The Labute approximate surface area is 179 Å². The van der Waals surface area contributed by atoms with Gasteiger partial charge in [0.2, 0.25) is 0 Å². The van der Waals surface area contributed by atoms with E-state index in [0.29, 0.717) is 22.3 Å². The van der Waals surface area contributed by atoms with Crippen molar-refractivity contribution in [3.05, 3.63) is 65.9 Å². The van der Waals surface area contributed by atoms with Crippen LogP contribution in [0.4, 0.5) is 18.9 Å². The fraction of sp³-hybridized carbons (Fsp3) is 0.348. The number of anilines is 1. The standard InChI is InChI=1S/C23H26F3N3O2/c1-4-27-14-22(30,23(24,25)26)21(16-9-11-17(31-3)12-10-16)29-20-7-5-6-19-18(20)13-8-15(2)28-19/h5-13,21,27,29-30H,4,14H2,1-3H3. The lowest BCUT2D eigenvalue weighted by Gasteiger charge is -2.39.